The Labute approximate surface area is 116 Å². The van der Waals surface area contributed by atoms with Crippen molar-refractivity contribution in [2.75, 3.05) is 6.54 Å². The Morgan fingerprint density at radius 3 is 2.20 bits per heavy atom. The molecule has 0 bridgehead atoms. The van der Waals surface area contributed by atoms with E-state index in [0.29, 0.717) is 13.0 Å². The van der Waals surface area contributed by atoms with E-state index in [-0.39, 0.29) is 12.2 Å². The van der Waals surface area contributed by atoms with Crippen molar-refractivity contribution in [2.24, 2.45) is 0 Å². The van der Waals surface area contributed by atoms with Gasteiger partial charge in [0.1, 0.15) is 5.75 Å². The summed E-state index contributed by atoms with van der Waals surface area (Å²) in [4.78, 5) is 0. The van der Waals surface area contributed by atoms with E-state index < -0.39 is 18.6 Å². The zero-order valence-corrected chi connectivity index (χ0v) is 11.5. The third kappa shape index (κ3) is 5.00. The SMILES string of the molecule is CCNC(C)(CCc1ccc(OC(F)F)cc1)C(F)F. The first kappa shape index (κ1) is 16.8. The molecule has 0 fully saturated rings. The molecule has 0 aliphatic carbocycles. The molecule has 0 heterocycles. The average Bonchev–Trinajstić information content (AvgIpc) is 2.37. The number of aryl methyl sites for hydroxylation is 1. The second-order valence-electron chi connectivity index (χ2n) is 4.77. The highest BCUT2D eigenvalue weighted by molar-refractivity contribution is 5.27. The first-order chi connectivity index (χ1) is 9.37. The lowest BCUT2D eigenvalue weighted by Gasteiger charge is -2.29. The van der Waals surface area contributed by atoms with Crippen LogP contribution in [0.4, 0.5) is 17.6 Å². The molecule has 0 saturated carbocycles. The summed E-state index contributed by atoms with van der Waals surface area (Å²) >= 11 is 0. The van der Waals surface area contributed by atoms with E-state index in [9.17, 15) is 17.6 Å². The molecule has 0 saturated heterocycles. The van der Waals surface area contributed by atoms with E-state index in [1.54, 1.807) is 19.1 Å². The fourth-order valence-electron chi connectivity index (χ4n) is 1.92. The van der Waals surface area contributed by atoms with E-state index in [2.05, 4.69) is 10.1 Å². The molecule has 1 atom stereocenters. The fraction of sp³-hybridized carbons (Fsp3) is 0.571. The van der Waals surface area contributed by atoms with Crippen LogP contribution in [0.25, 0.3) is 0 Å². The van der Waals surface area contributed by atoms with E-state index >= 15 is 0 Å². The van der Waals surface area contributed by atoms with Gasteiger partial charge in [-0.15, -0.1) is 0 Å². The van der Waals surface area contributed by atoms with Crippen LogP contribution in [0.3, 0.4) is 0 Å². The molecule has 20 heavy (non-hydrogen) atoms. The lowest BCUT2D eigenvalue weighted by Crippen LogP contribution is -2.48. The maximum absolute atomic E-state index is 13.0. The quantitative estimate of drug-likeness (QED) is 0.735. The number of rotatable bonds is 8. The summed E-state index contributed by atoms with van der Waals surface area (Å²) in [6, 6.07) is 6.04. The third-order valence-electron chi connectivity index (χ3n) is 3.14. The molecule has 0 aliphatic heterocycles. The van der Waals surface area contributed by atoms with Crippen LogP contribution in [-0.4, -0.2) is 25.1 Å². The number of hydrogen-bond donors (Lipinski definition) is 1. The maximum atomic E-state index is 13.0. The first-order valence-corrected chi connectivity index (χ1v) is 6.44. The molecular formula is C14H19F4NO. The normalized spacial score (nSPS) is 14.6. The second-order valence-corrected chi connectivity index (χ2v) is 4.77. The number of benzene rings is 1. The third-order valence-corrected chi connectivity index (χ3v) is 3.14. The van der Waals surface area contributed by atoms with Gasteiger partial charge in [0.2, 0.25) is 0 Å². The minimum Gasteiger partial charge on any atom is -0.435 e. The minimum atomic E-state index is -2.86. The molecule has 6 heteroatoms. The van der Waals surface area contributed by atoms with Gasteiger partial charge in [0.15, 0.2) is 0 Å². The van der Waals surface area contributed by atoms with Crippen LogP contribution in [0.1, 0.15) is 25.8 Å². The van der Waals surface area contributed by atoms with Gasteiger partial charge in [0.05, 0.1) is 5.54 Å². The molecular weight excluding hydrogens is 274 g/mol. The van der Waals surface area contributed by atoms with Crippen LogP contribution >= 0.6 is 0 Å². The molecule has 2 nitrogen and oxygen atoms in total. The Bertz CT molecular complexity index is 397. The smallest absolute Gasteiger partial charge is 0.387 e. The number of nitrogens with one attached hydrogen (secondary N) is 1. The molecule has 1 aromatic rings. The fourth-order valence-corrected chi connectivity index (χ4v) is 1.92. The van der Waals surface area contributed by atoms with Gasteiger partial charge in [-0.05, 0) is 44.0 Å². The summed E-state index contributed by atoms with van der Waals surface area (Å²) in [6.07, 6.45) is -1.78. The first-order valence-electron chi connectivity index (χ1n) is 6.44. The Hall–Kier alpha value is -1.30. The van der Waals surface area contributed by atoms with Crippen molar-refractivity contribution in [3.8, 4) is 5.75 Å². The molecule has 1 unspecified atom stereocenters. The zero-order valence-electron chi connectivity index (χ0n) is 11.5. The second kappa shape index (κ2) is 7.47. The minimum absolute atomic E-state index is 0.0621. The van der Waals surface area contributed by atoms with Crippen LogP contribution in [-0.2, 0) is 6.42 Å². The highest BCUT2D eigenvalue weighted by atomic mass is 19.3. The van der Waals surface area contributed by atoms with E-state index in [4.69, 9.17) is 0 Å². The summed E-state index contributed by atoms with van der Waals surface area (Å²) in [5.41, 5.74) is -0.441. The molecule has 0 amide bonds. The molecule has 1 N–H and O–H groups in total. The van der Waals surface area contributed by atoms with Crippen LogP contribution in [0.15, 0.2) is 24.3 Å². The number of hydrogen-bond acceptors (Lipinski definition) is 2. The van der Waals surface area contributed by atoms with Crippen molar-refractivity contribution in [1.82, 2.24) is 5.32 Å². The summed E-state index contributed by atoms with van der Waals surface area (Å²) in [5, 5.41) is 2.79. The van der Waals surface area contributed by atoms with Gasteiger partial charge >= 0.3 is 6.61 Å². The Balaban J connectivity index is 2.60. The van der Waals surface area contributed by atoms with Gasteiger partial charge in [-0.1, -0.05) is 19.1 Å². The van der Waals surface area contributed by atoms with E-state index in [0.717, 1.165) is 5.56 Å². The lowest BCUT2D eigenvalue weighted by molar-refractivity contribution is -0.0498. The largest absolute Gasteiger partial charge is 0.435 e. The molecule has 0 spiro atoms. The molecule has 0 aromatic heterocycles. The van der Waals surface area contributed by atoms with Gasteiger partial charge in [-0.2, -0.15) is 8.78 Å². The predicted molar refractivity (Wildman–Crippen MR) is 69.5 cm³/mol. The van der Waals surface area contributed by atoms with E-state index in [1.807, 2.05) is 0 Å². The van der Waals surface area contributed by atoms with Gasteiger partial charge < -0.3 is 10.1 Å². The number of ether oxygens (including phenoxy) is 1. The summed E-state index contributed by atoms with van der Waals surface area (Å²) in [5.74, 6) is 0.0621. The van der Waals surface area contributed by atoms with Gasteiger partial charge in [-0.25, -0.2) is 8.78 Å². The van der Waals surface area contributed by atoms with Crippen molar-refractivity contribution in [3.63, 3.8) is 0 Å². The monoisotopic (exact) mass is 293 g/mol. The molecule has 1 rings (SSSR count). The van der Waals surface area contributed by atoms with Crippen molar-refractivity contribution >= 4 is 0 Å². The van der Waals surface area contributed by atoms with Crippen LogP contribution in [0.2, 0.25) is 0 Å². The summed E-state index contributed by atoms with van der Waals surface area (Å²) in [6.45, 7) is 0.853. The molecule has 1 aromatic carbocycles. The molecule has 0 radical (unpaired) electrons. The molecule has 114 valence electrons. The lowest BCUT2D eigenvalue weighted by atomic mass is 9.93. The average molecular weight is 293 g/mol. The van der Waals surface area contributed by atoms with Crippen molar-refractivity contribution in [1.29, 1.82) is 0 Å². The summed E-state index contributed by atoms with van der Waals surface area (Å²) in [7, 11) is 0. The van der Waals surface area contributed by atoms with Crippen molar-refractivity contribution in [2.45, 2.75) is 45.3 Å². The highest BCUT2D eigenvalue weighted by Gasteiger charge is 2.33. The standard InChI is InChI=1S/C14H19F4NO/c1-3-19-14(2,12(15)16)9-8-10-4-6-11(7-5-10)20-13(17)18/h4-7,12-13,19H,3,8-9H2,1-2H3. The Morgan fingerprint density at radius 1 is 1.15 bits per heavy atom. The van der Waals surface area contributed by atoms with Crippen LogP contribution in [0.5, 0.6) is 5.75 Å². The van der Waals surface area contributed by atoms with Gasteiger partial charge in [0.25, 0.3) is 6.43 Å². The van der Waals surface area contributed by atoms with E-state index in [1.165, 1.54) is 19.1 Å². The number of alkyl halides is 4. The maximum Gasteiger partial charge on any atom is 0.387 e. The van der Waals surface area contributed by atoms with Gasteiger partial charge in [-0.3, -0.25) is 0 Å². The van der Waals surface area contributed by atoms with Crippen LogP contribution < -0.4 is 10.1 Å². The van der Waals surface area contributed by atoms with Crippen molar-refractivity contribution in [3.05, 3.63) is 29.8 Å². The Morgan fingerprint density at radius 2 is 1.75 bits per heavy atom. The zero-order chi connectivity index (χ0) is 15.2. The topological polar surface area (TPSA) is 21.3 Å². The predicted octanol–water partition coefficient (Wildman–Crippen LogP) is 3.85. The summed E-state index contributed by atoms with van der Waals surface area (Å²) < 4.78 is 54.2. The van der Waals surface area contributed by atoms with Crippen molar-refractivity contribution < 1.29 is 22.3 Å². The van der Waals surface area contributed by atoms with Gasteiger partial charge in [0, 0.05) is 0 Å². The molecule has 0 aliphatic rings. The number of halogens is 4. The van der Waals surface area contributed by atoms with Crippen LogP contribution in [0, 0.1) is 0 Å². The highest BCUT2D eigenvalue weighted by Crippen LogP contribution is 2.23. The Kier molecular flexibility index (Phi) is 6.26.